The monoisotopic (exact) mass is 249 g/mol. The summed E-state index contributed by atoms with van der Waals surface area (Å²) in [6.45, 7) is 2.77. The Balaban J connectivity index is 2.32. The average molecular weight is 249 g/mol. The lowest BCUT2D eigenvalue weighted by Gasteiger charge is -2.25. The molecule has 1 amide bonds. The lowest BCUT2D eigenvalue weighted by Crippen LogP contribution is -2.30. The minimum atomic E-state index is -0.264. The van der Waals surface area contributed by atoms with Crippen LogP contribution in [0.5, 0.6) is 5.75 Å². The summed E-state index contributed by atoms with van der Waals surface area (Å²) in [7, 11) is 3.08. The summed E-state index contributed by atoms with van der Waals surface area (Å²) in [5, 5.41) is 0. The van der Waals surface area contributed by atoms with Crippen LogP contribution >= 0.6 is 0 Å². The van der Waals surface area contributed by atoms with Crippen LogP contribution < -0.4 is 4.74 Å². The zero-order valence-electron chi connectivity index (χ0n) is 11.1. The molecule has 1 unspecified atom stereocenters. The second-order valence-electron chi connectivity index (χ2n) is 4.57. The minimum absolute atomic E-state index is 0.0630. The Labute approximate surface area is 107 Å². The quantitative estimate of drug-likeness (QED) is 0.809. The fourth-order valence-corrected chi connectivity index (χ4v) is 2.52. The van der Waals surface area contributed by atoms with Crippen molar-refractivity contribution < 1.29 is 14.3 Å². The van der Waals surface area contributed by atoms with Crippen LogP contribution in [-0.2, 0) is 4.74 Å². The normalized spacial score (nSPS) is 18.8. The van der Waals surface area contributed by atoms with Gasteiger partial charge in [-0.05, 0) is 31.4 Å². The van der Waals surface area contributed by atoms with E-state index in [0.29, 0.717) is 0 Å². The number of hydrogen-bond acceptors (Lipinski definition) is 3. The van der Waals surface area contributed by atoms with Crippen molar-refractivity contribution in [3.05, 3.63) is 29.3 Å². The van der Waals surface area contributed by atoms with Gasteiger partial charge in [0.25, 0.3) is 0 Å². The van der Waals surface area contributed by atoms with E-state index in [2.05, 4.69) is 0 Å². The zero-order valence-corrected chi connectivity index (χ0v) is 11.1. The number of aryl methyl sites for hydroxylation is 1. The summed E-state index contributed by atoms with van der Waals surface area (Å²) in [5.74, 6) is 0.843. The average Bonchev–Trinajstić information content (AvgIpc) is 2.86. The molecule has 1 atom stereocenters. The topological polar surface area (TPSA) is 38.8 Å². The van der Waals surface area contributed by atoms with Gasteiger partial charge >= 0.3 is 6.09 Å². The number of benzene rings is 1. The molecule has 1 aliphatic heterocycles. The Morgan fingerprint density at radius 3 is 2.83 bits per heavy atom. The molecule has 1 fully saturated rings. The first kappa shape index (κ1) is 12.7. The highest BCUT2D eigenvalue weighted by atomic mass is 16.5. The van der Waals surface area contributed by atoms with Gasteiger partial charge in [0, 0.05) is 12.1 Å². The van der Waals surface area contributed by atoms with Gasteiger partial charge in [-0.2, -0.15) is 0 Å². The van der Waals surface area contributed by atoms with Crippen LogP contribution in [-0.4, -0.2) is 31.8 Å². The number of carbonyl (C=O) groups is 1. The number of nitrogens with zero attached hydrogens (tertiary/aromatic N) is 1. The Bertz CT molecular complexity index is 445. The van der Waals surface area contributed by atoms with Crippen molar-refractivity contribution in [1.82, 2.24) is 4.90 Å². The molecule has 0 bridgehead atoms. The lowest BCUT2D eigenvalue weighted by molar-refractivity contribution is 0.118. The van der Waals surface area contributed by atoms with E-state index in [1.54, 1.807) is 12.0 Å². The molecule has 18 heavy (non-hydrogen) atoms. The third-order valence-corrected chi connectivity index (χ3v) is 3.41. The minimum Gasteiger partial charge on any atom is -0.496 e. The summed E-state index contributed by atoms with van der Waals surface area (Å²) in [5.41, 5.74) is 2.21. The van der Waals surface area contributed by atoms with Crippen molar-refractivity contribution in [1.29, 1.82) is 0 Å². The molecule has 4 heteroatoms. The summed E-state index contributed by atoms with van der Waals surface area (Å²) in [6, 6.07) is 6.16. The van der Waals surface area contributed by atoms with Gasteiger partial charge in [0.1, 0.15) is 5.75 Å². The Kier molecular flexibility index (Phi) is 3.75. The van der Waals surface area contributed by atoms with E-state index in [0.717, 1.165) is 36.3 Å². The van der Waals surface area contributed by atoms with E-state index in [1.165, 1.54) is 7.11 Å². The fourth-order valence-electron chi connectivity index (χ4n) is 2.52. The van der Waals surface area contributed by atoms with E-state index >= 15 is 0 Å². The smallest absolute Gasteiger partial charge is 0.409 e. The van der Waals surface area contributed by atoms with Gasteiger partial charge in [0.05, 0.1) is 20.3 Å². The molecule has 1 aromatic carbocycles. The number of likely N-dealkylation sites (tertiary alicyclic amines) is 1. The number of amides is 1. The molecular weight excluding hydrogens is 230 g/mol. The van der Waals surface area contributed by atoms with Crippen molar-refractivity contribution >= 4 is 6.09 Å². The highest BCUT2D eigenvalue weighted by Gasteiger charge is 2.32. The van der Waals surface area contributed by atoms with Crippen LogP contribution in [0.2, 0.25) is 0 Å². The fraction of sp³-hybridized carbons (Fsp3) is 0.500. The van der Waals surface area contributed by atoms with Crippen LogP contribution in [0.3, 0.4) is 0 Å². The molecule has 1 saturated heterocycles. The van der Waals surface area contributed by atoms with E-state index in [1.807, 2.05) is 25.1 Å². The first-order chi connectivity index (χ1) is 8.67. The first-order valence-electron chi connectivity index (χ1n) is 6.16. The molecule has 0 aromatic heterocycles. The SMILES string of the molecule is COC(=O)N1CCCC1c1ccc(C)cc1OC. The molecule has 0 radical (unpaired) electrons. The third-order valence-electron chi connectivity index (χ3n) is 3.41. The third kappa shape index (κ3) is 2.28. The van der Waals surface area contributed by atoms with Gasteiger partial charge in [-0.1, -0.05) is 12.1 Å². The maximum absolute atomic E-state index is 11.7. The molecule has 2 rings (SSSR count). The van der Waals surface area contributed by atoms with Gasteiger partial charge in [0.15, 0.2) is 0 Å². The second-order valence-corrected chi connectivity index (χ2v) is 4.57. The van der Waals surface area contributed by atoms with Gasteiger partial charge in [-0.25, -0.2) is 4.79 Å². The maximum Gasteiger partial charge on any atom is 0.409 e. The van der Waals surface area contributed by atoms with E-state index < -0.39 is 0 Å². The number of carbonyl (C=O) groups excluding carboxylic acids is 1. The van der Waals surface area contributed by atoms with Crippen LogP contribution in [0.4, 0.5) is 4.79 Å². The maximum atomic E-state index is 11.7. The number of ether oxygens (including phenoxy) is 2. The van der Waals surface area contributed by atoms with Crippen molar-refractivity contribution in [3.63, 3.8) is 0 Å². The summed E-state index contributed by atoms with van der Waals surface area (Å²) >= 11 is 0. The highest BCUT2D eigenvalue weighted by Crippen LogP contribution is 2.37. The van der Waals surface area contributed by atoms with Crippen molar-refractivity contribution in [2.45, 2.75) is 25.8 Å². The molecule has 0 N–H and O–H groups in total. The van der Waals surface area contributed by atoms with Gasteiger partial charge < -0.3 is 14.4 Å². The molecule has 98 valence electrons. The van der Waals surface area contributed by atoms with Gasteiger partial charge in [0.2, 0.25) is 0 Å². The van der Waals surface area contributed by atoms with Crippen molar-refractivity contribution in [2.24, 2.45) is 0 Å². The molecule has 0 spiro atoms. The predicted octanol–water partition coefficient (Wildman–Crippen LogP) is 2.91. The van der Waals surface area contributed by atoms with Crippen LogP contribution in [0.15, 0.2) is 18.2 Å². The number of methoxy groups -OCH3 is 2. The van der Waals surface area contributed by atoms with Gasteiger partial charge in [-0.3, -0.25) is 0 Å². The standard InChI is InChI=1S/C14H19NO3/c1-10-6-7-11(13(9-10)17-2)12-5-4-8-15(12)14(16)18-3/h6-7,9,12H,4-5,8H2,1-3H3. The number of hydrogen-bond donors (Lipinski definition) is 0. The van der Waals surface area contributed by atoms with E-state index in [4.69, 9.17) is 9.47 Å². The Morgan fingerprint density at radius 1 is 1.39 bits per heavy atom. The zero-order chi connectivity index (χ0) is 13.1. The summed E-state index contributed by atoms with van der Waals surface area (Å²) in [4.78, 5) is 13.5. The summed E-state index contributed by atoms with van der Waals surface area (Å²) < 4.78 is 10.3. The molecule has 0 aliphatic carbocycles. The highest BCUT2D eigenvalue weighted by molar-refractivity contribution is 5.68. The second kappa shape index (κ2) is 5.29. The molecule has 1 aromatic rings. The molecule has 4 nitrogen and oxygen atoms in total. The van der Waals surface area contributed by atoms with E-state index in [-0.39, 0.29) is 12.1 Å². The van der Waals surface area contributed by atoms with Crippen molar-refractivity contribution in [2.75, 3.05) is 20.8 Å². The largest absolute Gasteiger partial charge is 0.496 e. The van der Waals surface area contributed by atoms with Crippen LogP contribution in [0, 0.1) is 6.92 Å². The molecule has 0 saturated carbocycles. The number of rotatable bonds is 2. The molecule has 1 heterocycles. The Hall–Kier alpha value is -1.71. The summed E-state index contributed by atoms with van der Waals surface area (Å²) in [6.07, 6.45) is 1.69. The lowest BCUT2D eigenvalue weighted by atomic mass is 10.0. The Morgan fingerprint density at radius 2 is 2.17 bits per heavy atom. The predicted molar refractivity (Wildman–Crippen MR) is 68.8 cm³/mol. The molecular formula is C14H19NO3. The first-order valence-corrected chi connectivity index (χ1v) is 6.16. The van der Waals surface area contributed by atoms with Gasteiger partial charge in [-0.15, -0.1) is 0 Å². The van der Waals surface area contributed by atoms with Crippen molar-refractivity contribution in [3.8, 4) is 5.75 Å². The van der Waals surface area contributed by atoms with Crippen LogP contribution in [0.25, 0.3) is 0 Å². The van der Waals surface area contributed by atoms with E-state index in [9.17, 15) is 4.79 Å². The molecule has 1 aliphatic rings. The van der Waals surface area contributed by atoms with Crippen LogP contribution in [0.1, 0.15) is 30.0 Å².